The Morgan fingerprint density at radius 3 is 2.48 bits per heavy atom. The van der Waals surface area contributed by atoms with Gasteiger partial charge in [-0.15, -0.1) is 0 Å². The Kier molecular flexibility index (Phi) is 8.66. The van der Waals surface area contributed by atoms with Gasteiger partial charge in [-0.3, -0.25) is 13.8 Å². The first-order chi connectivity index (χ1) is 9.55. The van der Waals surface area contributed by atoms with Gasteiger partial charge in [0.15, 0.2) is 0 Å². The van der Waals surface area contributed by atoms with Crippen molar-refractivity contribution in [2.45, 2.75) is 46.6 Å². The average molecular weight is 325 g/mol. The van der Waals surface area contributed by atoms with Crippen molar-refractivity contribution in [1.29, 1.82) is 0 Å². The average Bonchev–Trinajstić information content (AvgIpc) is 2.44. The van der Waals surface area contributed by atoms with Crippen LogP contribution < -0.4 is 5.32 Å². The summed E-state index contributed by atoms with van der Waals surface area (Å²) in [5, 5.41) is 12.7. The van der Waals surface area contributed by atoms with Gasteiger partial charge in [-0.1, -0.05) is 34.1 Å². The minimum Gasteiger partial charge on any atom is -0.383 e. The van der Waals surface area contributed by atoms with Crippen LogP contribution in [-0.4, -0.2) is 42.3 Å². The Balaban J connectivity index is 4.36. The minimum atomic E-state index is -4.12. The molecule has 0 aliphatic carbocycles. The Labute approximate surface area is 126 Å². The van der Waals surface area contributed by atoms with E-state index in [0.717, 1.165) is 20.0 Å². The van der Waals surface area contributed by atoms with E-state index < -0.39 is 25.2 Å². The fraction of sp³-hybridized carbons (Fsp3) is 0.923. The third-order valence-electron chi connectivity index (χ3n) is 3.45. The molecule has 0 aromatic heterocycles. The van der Waals surface area contributed by atoms with Crippen LogP contribution in [0.4, 0.5) is 0 Å². The van der Waals surface area contributed by atoms with E-state index >= 15 is 0 Å². The fourth-order valence-corrected chi connectivity index (χ4v) is 2.08. The maximum Gasteiger partial charge on any atom is 0.471 e. The van der Waals surface area contributed by atoms with Crippen molar-refractivity contribution in [1.82, 2.24) is 5.32 Å². The van der Waals surface area contributed by atoms with Crippen molar-refractivity contribution >= 4 is 13.7 Å². The molecule has 0 aromatic rings. The van der Waals surface area contributed by atoms with E-state index in [0.29, 0.717) is 12.5 Å². The summed E-state index contributed by atoms with van der Waals surface area (Å²) in [6.07, 6.45) is 0.522. The summed E-state index contributed by atoms with van der Waals surface area (Å²) in [6.45, 7) is 7.50. The highest BCUT2D eigenvalue weighted by atomic mass is 31.2. The number of carbonyl (C=O) groups is 1. The molecule has 0 aliphatic heterocycles. The molecule has 0 heterocycles. The number of hydrogen-bond donors (Lipinski definition) is 3. The zero-order valence-corrected chi connectivity index (χ0v) is 14.4. The molecule has 3 atom stereocenters. The van der Waals surface area contributed by atoms with Crippen LogP contribution >= 0.6 is 7.82 Å². The standard InChI is InChI=1S/C13H28NO6P/c1-6-10(2)7-8-14-12(16)11(15)13(3,4)9-20-21(17,18)19-5/h10-11,15H,6-9H2,1-5H3,(H,14,16)(H,17,18). The van der Waals surface area contributed by atoms with Gasteiger partial charge < -0.3 is 15.3 Å². The number of carbonyl (C=O) groups excluding carboxylic acids is 1. The summed E-state index contributed by atoms with van der Waals surface area (Å²) < 4.78 is 20.2. The summed E-state index contributed by atoms with van der Waals surface area (Å²) in [4.78, 5) is 21.0. The zero-order valence-electron chi connectivity index (χ0n) is 13.5. The lowest BCUT2D eigenvalue weighted by Crippen LogP contribution is -2.46. The first kappa shape index (κ1) is 20.5. The van der Waals surface area contributed by atoms with Gasteiger partial charge in [0.2, 0.25) is 5.91 Å². The van der Waals surface area contributed by atoms with Crippen LogP contribution in [-0.2, 0) is 18.4 Å². The number of rotatable bonds is 10. The van der Waals surface area contributed by atoms with Crippen molar-refractivity contribution in [3.05, 3.63) is 0 Å². The summed E-state index contributed by atoms with van der Waals surface area (Å²) in [5.41, 5.74) is -1.02. The first-order valence-corrected chi connectivity index (χ1v) is 8.54. The second-order valence-electron chi connectivity index (χ2n) is 5.91. The lowest BCUT2D eigenvalue weighted by molar-refractivity contribution is -0.137. The minimum absolute atomic E-state index is 0.283. The van der Waals surface area contributed by atoms with E-state index in [2.05, 4.69) is 23.7 Å². The van der Waals surface area contributed by atoms with Crippen LogP contribution in [0.25, 0.3) is 0 Å². The lowest BCUT2D eigenvalue weighted by Gasteiger charge is -2.29. The molecule has 0 radical (unpaired) electrons. The molecule has 21 heavy (non-hydrogen) atoms. The second kappa shape index (κ2) is 8.86. The highest BCUT2D eigenvalue weighted by Gasteiger charge is 2.36. The van der Waals surface area contributed by atoms with Gasteiger partial charge in [0.1, 0.15) is 6.10 Å². The molecule has 3 unspecified atom stereocenters. The van der Waals surface area contributed by atoms with Gasteiger partial charge in [0.25, 0.3) is 0 Å². The molecule has 0 spiro atoms. The molecule has 0 bridgehead atoms. The van der Waals surface area contributed by atoms with Gasteiger partial charge in [-0.25, -0.2) is 4.57 Å². The summed E-state index contributed by atoms with van der Waals surface area (Å²) in [6, 6.07) is 0. The molecular formula is C13H28NO6P. The summed E-state index contributed by atoms with van der Waals surface area (Å²) >= 11 is 0. The maximum atomic E-state index is 11.9. The van der Waals surface area contributed by atoms with Crippen molar-refractivity contribution < 1.29 is 28.4 Å². The molecular weight excluding hydrogens is 297 g/mol. The lowest BCUT2D eigenvalue weighted by atomic mass is 9.87. The Bertz CT molecular complexity index is 374. The van der Waals surface area contributed by atoms with E-state index in [1.54, 1.807) is 13.8 Å². The van der Waals surface area contributed by atoms with Crippen LogP contribution in [0.3, 0.4) is 0 Å². The zero-order chi connectivity index (χ0) is 16.7. The maximum absolute atomic E-state index is 11.9. The Hall–Kier alpha value is -0.460. The summed E-state index contributed by atoms with van der Waals surface area (Å²) in [7, 11) is -3.07. The number of nitrogens with one attached hydrogen (secondary N) is 1. The van der Waals surface area contributed by atoms with Gasteiger partial charge in [-0.2, -0.15) is 0 Å². The van der Waals surface area contributed by atoms with E-state index in [9.17, 15) is 14.5 Å². The van der Waals surface area contributed by atoms with Crippen LogP contribution in [0.2, 0.25) is 0 Å². The third-order valence-corrected chi connectivity index (χ3v) is 4.37. The molecule has 7 nitrogen and oxygen atoms in total. The monoisotopic (exact) mass is 325 g/mol. The normalized spacial score (nSPS) is 17.9. The van der Waals surface area contributed by atoms with Gasteiger partial charge in [0, 0.05) is 19.1 Å². The molecule has 0 aromatic carbocycles. The van der Waals surface area contributed by atoms with E-state index in [4.69, 9.17) is 9.42 Å². The van der Waals surface area contributed by atoms with Crippen LogP contribution in [0.15, 0.2) is 0 Å². The van der Waals surface area contributed by atoms with Crippen molar-refractivity contribution in [2.24, 2.45) is 11.3 Å². The molecule has 0 aliphatic rings. The van der Waals surface area contributed by atoms with Crippen LogP contribution in [0.1, 0.15) is 40.5 Å². The molecule has 0 rings (SSSR count). The molecule has 3 N–H and O–H groups in total. The summed E-state index contributed by atoms with van der Waals surface area (Å²) in [5.74, 6) is -0.0159. The highest BCUT2D eigenvalue weighted by molar-refractivity contribution is 7.47. The number of phosphoric acid groups is 1. The molecule has 0 saturated carbocycles. The predicted molar refractivity (Wildman–Crippen MR) is 79.7 cm³/mol. The van der Waals surface area contributed by atoms with E-state index in [1.165, 1.54) is 0 Å². The van der Waals surface area contributed by atoms with Gasteiger partial charge in [0.05, 0.1) is 6.61 Å². The van der Waals surface area contributed by atoms with Crippen molar-refractivity contribution in [2.75, 3.05) is 20.3 Å². The Morgan fingerprint density at radius 1 is 1.43 bits per heavy atom. The number of aliphatic hydroxyl groups is 1. The third kappa shape index (κ3) is 7.93. The fourth-order valence-electron chi connectivity index (χ4n) is 1.48. The van der Waals surface area contributed by atoms with E-state index in [1.807, 2.05) is 0 Å². The SMILES string of the molecule is CCC(C)CCNC(=O)C(O)C(C)(C)COP(=O)(O)OC. The number of aliphatic hydroxyl groups excluding tert-OH is 1. The predicted octanol–water partition coefficient (Wildman–Crippen LogP) is 1.69. The molecule has 1 amide bonds. The smallest absolute Gasteiger partial charge is 0.383 e. The van der Waals surface area contributed by atoms with E-state index in [-0.39, 0.29) is 6.61 Å². The van der Waals surface area contributed by atoms with Gasteiger partial charge >= 0.3 is 7.82 Å². The number of hydrogen-bond acceptors (Lipinski definition) is 5. The van der Waals surface area contributed by atoms with Crippen LogP contribution in [0, 0.1) is 11.3 Å². The molecule has 126 valence electrons. The molecule has 0 fully saturated rings. The number of amides is 1. The topological polar surface area (TPSA) is 105 Å². The second-order valence-corrected chi connectivity index (χ2v) is 7.47. The first-order valence-electron chi connectivity index (χ1n) is 7.04. The largest absolute Gasteiger partial charge is 0.471 e. The highest BCUT2D eigenvalue weighted by Crippen LogP contribution is 2.43. The van der Waals surface area contributed by atoms with Crippen molar-refractivity contribution in [3.8, 4) is 0 Å². The Morgan fingerprint density at radius 2 is 2.00 bits per heavy atom. The molecule has 0 saturated heterocycles. The quantitative estimate of drug-likeness (QED) is 0.528. The number of phosphoric ester groups is 1. The van der Waals surface area contributed by atoms with Crippen LogP contribution in [0.5, 0.6) is 0 Å². The van der Waals surface area contributed by atoms with Crippen molar-refractivity contribution in [3.63, 3.8) is 0 Å². The molecule has 8 heteroatoms. The van der Waals surface area contributed by atoms with Gasteiger partial charge in [-0.05, 0) is 12.3 Å².